The molecule has 4 heteroatoms. The number of ketones is 1. The van der Waals surface area contributed by atoms with E-state index in [0.29, 0.717) is 12.0 Å². The van der Waals surface area contributed by atoms with Crippen molar-refractivity contribution in [3.8, 4) is 0 Å². The molecule has 2 heterocycles. The second-order valence-corrected chi connectivity index (χ2v) is 4.47. The molecule has 1 aromatic carbocycles. The lowest BCUT2D eigenvalue weighted by Crippen LogP contribution is -2.08. The number of carbonyl (C=O) groups excluding carboxylic acids is 1. The zero-order valence-corrected chi connectivity index (χ0v) is 10.6. The molecule has 0 bridgehead atoms. The molecule has 0 aliphatic rings. The van der Waals surface area contributed by atoms with E-state index < -0.39 is 0 Å². The minimum Gasteiger partial charge on any atom is -0.338 e. The fraction of sp³-hybridized carbons (Fsp3) is 0.133. The first-order valence-corrected chi connectivity index (χ1v) is 6.08. The van der Waals surface area contributed by atoms with Crippen molar-refractivity contribution in [2.24, 2.45) is 7.05 Å². The molecule has 0 fully saturated rings. The molecule has 0 saturated carbocycles. The molecule has 0 N–H and O–H groups in total. The predicted molar refractivity (Wildman–Crippen MR) is 73.0 cm³/mol. The number of hydrogen-bond acceptors (Lipinski definition) is 3. The van der Waals surface area contributed by atoms with Crippen molar-refractivity contribution < 1.29 is 4.79 Å². The van der Waals surface area contributed by atoms with Gasteiger partial charge < -0.3 is 4.57 Å². The number of nitrogens with zero attached hydrogens (tertiary/aromatic N) is 3. The van der Waals surface area contributed by atoms with E-state index in [1.165, 1.54) is 0 Å². The summed E-state index contributed by atoms with van der Waals surface area (Å²) in [6.07, 6.45) is 5.60. The number of rotatable bonds is 3. The number of aromatic nitrogens is 3. The Labute approximate surface area is 110 Å². The van der Waals surface area contributed by atoms with Crippen molar-refractivity contribution in [2.45, 2.75) is 6.42 Å². The number of Topliss-reactive ketones (excluding diaryl/α,β-unsaturated/α-hetero) is 1. The van der Waals surface area contributed by atoms with Gasteiger partial charge >= 0.3 is 0 Å². The lowest BCUT2D eigenvalue weighted by atomic mass is 10.1. The van der Waals surface area contributed by atoms with Crippen molar-refractivity contribution in [2.75, 3.05) is 0 Å². The van der Waals surface area contributed by atoms with E-state index in [1.807, 2.05) is 48.1 Å². The minimum absolute atomic E-state index is 0.0695. The van der Waals surface area contributed by atoms with Crippen LogP contribution in [0.25, 0.3) is 10.9 Å². The summed E-state index contributed by atoms with van der Waals surface area (Å²) < 4.78 is 1.86. The fourth-order valence-electron chi connectivity index (χ4n) is 2.06. The van der Waals surface area contributed by atoms with E-state index in [0.717, 1.165) is 16.7 Å². The third kappa shape index (κ3) is 2.25. The lowest BCUT2D eigenvalue weighted by molar-refractivity contribution is 0.0990. The number of pyridine rings is 1. The van der Waals surface area contributed by atoms with Crippen LogP contribution < -0.4 is 0 Å². The predicted octanol–water partition coefficient (Wildman–Crippen LogP) is 2.39. The Morgan fingerprint density at radius 2 is 2.11 bits per heavy atom. The van der Waals surface area contributed by atoms with Crippen molar-refractivity contribution in [3.63, 3.8) is 0 Å². The highest BCUT2D eigenvalue weighted by atomic mass is 16.1. The molecule has 3 aromatic rings. The summed E-state index contributed by atoms with van der Waals surface area (Å²) in [7, 11) is 1.89. The Morgan fingerprint density at radius 1 is 1.21 bits per heavy atom. The summed E-state index contributed by atoms with van der Waals surface area (Å²) in [6, 6.07) is 9.41. The first kappa shape index (κ1) is 11.6. The van der Waals surface area contributed by atoms with E-state index in [-0.39, 0.29) is 5.78 Å². The monoisotopic (exact) mass is 251 g/mol. The van der Waals surface area contributed by atoms with Gasteiger partial charge in [-0.1, -0.05) is 6.07 Å². The smallest absolute Gasteiger partial charge is 0.170 e. The van der Waals surface area contributed by atoms with Gasteiger partial charge in [-0.05, 0) is 24.3 Å². The summed E-state index contributed by atoms with van der Waals surface area (Å²) in [6.45, 7) is 0. The Morgan fingerprint density at radius 3 is 2.89 bits per heavy atom. The largest absolute Gasteiger partial charge is 0.338 e. The quantitative estimate of drug-likeness (QED) is 0.671. The average molecular weight is 251 g/mol. The lowest BCUT2D eigenvalue weighted by Gasteiger charge is -2.03. The minimum atomic E-state index is 0.0695. The van der Waals surface area contributed by atoms with Gasteiger partial charge in [0.1, 0.15) is 5.82 Å². The molecule has 0 aliphatic heterocycles. The third-order valence-electron chi connectivity index (χ3n) is 3.16. The Hall–Kier alpha value is -2.49. The van der Waals surface area contributed by atoms with Crippen LogP contribution in [0.1, 0.15) is 16.2 Å². The Balaban J connectivity index is 1.91. The van der Waals surface area contributed by atoms with Gasteiger partial charge in [-0.15, -0.1) is 0 Å². The molecular formula is C15H13N3O. The Bertz CT molecular complexity index is 746. The van der Waals surface area contributed by atoms with Crippen LogP contribution in [0.15, 0.2) is 48.9 Å². The van der Waals surface area contributed by atoms with E-state index in [4.69, 9.17) is 0 Å². The highest BCUT2D eigenvalue weighted by Crippen LogP contribution is 2.15. The maximum absolute atomic E-state index is 12.2. The van der Waals surface area contributed by atoms with Crippen molar-refractivity contribution >= 4 is 16.7 Å². The zero-order chi connectivity index (χ0) is 13.2. The van der Waals surface area contributed by atoms with Gasteiger partial charge in [0.25, 0.3) is 0 Å². The second-order valence-electron chi connectivity index (χ2n) is 4.47. The molecule has 0 radical (unpaired) electrons. The molecular weight excluding hydrogens is 238 g/mol. The summed E-state index contributed by atoms with van der Waals surface area (Å²) in [4.78, 5) is 20.7. The van der Waals surface area contributed by atoms with Gasteiger partial charge in [-0.2, -0.15) is 0 Å². The first-order chi connectivity index (χ1) is 9.24. The van der Waals surface area contributed by atoms with Gasteiger partial charge in [0.2, 0.25) is 0 Å². The third-order valence-corrected chi connectivity index (χ3v) is 3.16. The molecule has 0 atom stereocenters. The molecule has 3 rings (SSSR count). The second kappa shape index (κ2) is 4.65. The zero-order valence-electron chi connectivity index (χ0n) is 10.6. The van der Waals surface area contributed by atoms with E-state index in [1.54, 1.807) is 12.4 Å². The van der Waals surface area contributed by atoms with E-state index in [2.05, 4.69) is 9.97 Å². The van der Waals surface area contributed by atoms with Crippen LogP contribution in [0.5, 0.6) is 0 Å². The molecule has 19 heavy (non-hydrogen) atoms. The van der Waals surface area contributed by atoms with Crippen molar-refractivity contribution in [1.82, 2.24) is 14.5 Å². The molecule has 0 aliphatic carbocycles. The molecule has 0 saturated heterocycles. The Kier molecular flexibility index (Phi) is 2.83. The van der Waals surface area contributed by atoms with Gasteiger partial charge in [0, 0.05) is 36.6 Å². The van der Waals surface area contributed by atoms with Crippen molar-refractivity contribution in [1.29, 1.82) is 0 Å². The van der Waals surface area contributed by atoms with Crippen molar-refractivity contribution in [3.05, 3.63) is 60.3 Å². The number of carbonyl (C=O) groups is 1. The summed E-state index contributed by atoms with van der Waals surface area (Å²) in [5, 5.41) is 0.980. The topological polar surface area (TPSA) is 47.8 Å². The number of imidazole rings is 1. The summed E-state index contributed by atoms with van der Waals surface area (Å²) >= 11 is 0. The summed E-state index contributed by atoms with van der Waals surface area (Å²) in [5.74, 6) is 0.844. The molecule has 0 amide bonds. The van der Waals surface area contributed by atoms with E-state index in [9.17, 15) is 4.79 Å². The van der Waals surface area contributed by atoms with Crippen LogP contribution in [0.4, 0.5) is 0 Å². The van der Waals surface area contributed by atoms with Crippen LogP contribution in [-0.4, -0.2) is 20.3 Å². The number of aryl methyl sites for hydroxylation is 1. The highest BCUT2D eigenvalue weighted by Gasteiger charge is 2.10. The molecule has 4 nitrogen and oxygen atoms in total. The van der Waals surface area contributed by atoms with Gasteiger partial charge in [0.05, 0.1) is 11.9 Å². The average Bonchev–Trinajstić information content (AvgIpc) is 2.84. The number of hydrogen-bond donors (Lipinski definition) is 0. The number of benzene rings is 1. The molecule has 0 unspecified atom stereocenters. The number of fused-ring (bicyclic) bond motifs is 1. The van der Waals surface area contributed by atoms with Crippen LogP contribution in [0.3, 0.4) is 0 Å². The van der Waals surface area contributed by atoms with Crippen LogP contribution in [0, 0.1) is 0 Å². The fourth-order valence-corrected chi connectivity index (χ4v) is 2.06. The van der Waals surface area contributed by atoms with Gasteiger partial charge in [-0.25, -0.2) is 4.98 Å². The first-order valence-electron chi connectivity index (χ1n) is 6.08. The highest BCUT2D eigenvalue weighted by molar-refractivity contribution is 6.00. The van der Waals surface area contributed by atoms with E-state index >= 15 is 0 Å². The van der Waals surface area contributed by atoms with Gasteiger partial charge in [-0.3, -0.25) is 9.78 Å². The SMILES string of the molecule is Cn1ccnc1CC(=O)c1ccc2ncccc2c1. The molecule has 2 aromatic heterocycles. The standard InChI is InChI=1S/C15H13N3O/c1-18-8-7-17-15(18)10-14(19)12-4-5-13-11(9-12)3-2-6-16-13/h2-9H,10H2,1H3. The molecule has 0 spiro atoms. The van der Waals surface area contributed by atoms with Crippen LogP contribution in [0.2, 0.25) is 0 Å². The maximum Gasteiger partial charge on any atom is 0.170 e. The molecule has 94 valence electrons. The van der Waals surface area contributed by atoms with Crippen LogP contribution in [-0.2, 0) is 13.5 Å². The van der Waals surface area contributed by atoms with Gasteiger partial charge in [0.15, 0.2) is 5.78 Å². The maximum atomic E-state index is 12.2. The van der Waals surface area contributed by atoms with Crippen LogP contribution >= 0.6 is 0 Å². The summed E-state index contributed by atoms with van der Waals surface area (Å²) in [5.41, 5.74) is 1.60. The normalized spacial score (nSPS) is 10.8.